The summed E-state index contributed by atoms with van der Waals surface area (Å²) in [6, 6.07) is 3.19. The maximum atomic E-state index is 9.51. The second-order valence-electron chi connectivity index (χ2n) is 2.51. The van der Waals surface area contributed by atoms with Gasteiger partial charge in [0.1, 0.15) is 5.75 Å². The summed E-state index contributed by atoms with van der Waals surface area (Å²) in [5.74, 6) is 0.928. The summed E-state index contributed by atoms with van der Waals surface area (Å²) < 4.78 is 9.90. The van der Waals surface area contributed by atoms with E-state index in [0.29, 0.717) is 17.1 Å². The lowest BCUT2D eigenvalue weighted by atomic mass is 10.1. The highest BCUT2D eigenvalue weighted by Gasteiger charge is 2.09. The van der Waals surface area contributed by atoms with Gasteiger partial charge in [-0.3, -0.25) is 5.73 Å². The van der Waals surface area contributed by atoms with Crippen LogP contribution in [0.25, 0.3) is 0 Å². The summed E-state index contributed by atoms with van der Waals surface area (Å²) in [4.78, 5) is 0. The lowest BCUT2D eigenvalue weighted by Crippen LogP contribution is -1.93. The minimum atomic E-state index is -0.000602. The van der Waals surface area contributed by atoms with E-state index in [1.54, 1.807) is 12.1 Å². The molecule has 1 aromatic carbocycles. The quantitative estimate of drug-likeness (QED) is 0.763. The summed E-state index contributed by atoms with van der Waals surface area (Å²) >= 11 is 0. The van der Waals surface area contributed by atoms with E-state index in [1.807, 2.05) is 0 Å². The first-order chi connectivity index (χ1) is 6.22. The molecular formula is C9H12NO3. The molecule has 1 radical (unpaired) electrons. The Labute approximate surface area is 76.9 Å². The zero-order chi connectivity index (χ0) is 9.84. The Hall–Kier alpha value is -1.42. The van der Waals surface area contributed by atoms with Gasteiger partial charge in [0.25, 0.3) is 0 Å². The van der Waals surface area contributed by atoms with Crippen LogP contribution in [-0.4, -0.2) is 19.3 Å². The molecule has 0 heterocycles. The molecule has 0 aliphatic carbocycles. The van der Waals surface area contributed by atoms with Crippen LogP contribution in [0, 0.1) is 0 Å². The Morgan fingerprint density at radius 2 is 2.00 bits per heavy atom. The van der Waals surface area contributed by atoms with E-state index >= 15 is 0 Å². The maximum Gasteiger partial charge on any atom is 0.164 e. The number of methoxy groups -OCH3 is 2. The number of nitrogens with one attached hydrogen (secondary N) is 1. The van der Waals surface area contributed by atoms with Gasteiger partial charge in [-0.05, 0) is 6.07 Å². The van der Waals surface area contributed by atoms with E-state index in [2.05, 4.69) is 0 Å². The molecule has 0 atom stereocenters. The smallest absolute Gasteiger partial charge is 0.164 e. The summed E-state index contributed by atoms with van der Waals surface area (Å²) in [6.07, 6.45) is 0. The molecule has 0 fully saturated rings. The van der Waals surface area contributed by atoms with E-state index in [1.165, 1.54) is 14.2 Å². The number of hydrogen-bond donors (Lipinski definition) is 1. The van der Waals surface area contributed by atoms with E-state index in [4.69, 9.17) is 15.2 Å². The van der Waals surface area contributed by atoms with Crippen molar-refractivity contribution in [1.29, 1.82) is 0 Å². The third kappa shape index (κ3) is 1.84. The van der Waals surface area contributed by atoms with Crippen molar-refractivity contribution in [2.75, 3.05) is 14.2 Å². The molecule has 2 N–H and O–H groups in total. The van der Waals surface area contributed by atoms with Gasteiger partial charge in [0.15, 0.2) is 11.5 Å². The Bertz CT molecular complexity index is 274. The number of phenolic OH excluding ortho intramolecular Hbond substituents is 1. The molecule has 71 valence electrons. The van der Waals surface area contributed by atoms with Crippen molar-refractivity contribution in [1.82, 2.24) is 5.73 Å². The highest BCUT2D eigenvalue weighted by molar-refractivity contribution is 5.50. The summed E-state index contributed by atoms with van der Waals surface area (Å²) in [7, 11) is 2.99. The number of benzene rings is 1. The molecule has 0 unspecified atom stereocenters. The molecule has 0 aliphatic rings. The lowest BCUT2D eigenvalue weighted by Gasteiger charge is -2.09. The van der Waals surface area contributed by atoms with Crippen molar-refractivity contribution in [3.8, 4) is 17.2 Å². The van der Waals surface area contributed by atoms with Crippen molar-refractivity contribution < 1.29 is 14.6 Å². The maximum absolute atomic E-state index is 9.51. The zero-order valence-corrected chi connectivity index (χ0v) is 7.63. The fourth-order valence-electron chi connectivity index (χ4n) is 1.05. The Morgan fingerprint density at radius 1 is 1.31 bits per heavy atom. The number of phenols is 1. The number of hydrogen-bond acceptors (Lipinski definition) is 3. The van der Waals surface area contributed by atoms with Crippen LogP contribution in [-0.2, 0) is 6.54 Å². The predicted molar refractivity (Wildman–Crippen MR) is 48.0 cm³/mol. The van der Waals surface area contributed by atoms with Crippen molar-refractivity contribution in [2.24, 2.45) is 0 Å². The molecule has 0 aromatic heterocycles. The monoisotopic (exact) mass is 182 g/mol. The highest BCUT2D eigenvalue weighted by atomic mass is 16.5. The van der Waals surface area contributed by atoms with Crippen LogP contribution < -0.4 is 15.2 Å². The van der Waals surface area contributed by atoms with Crippen LogP contribution in [0.5, 0.6) is 17.2 Å². The third-order valence-corrected chi connectivity index (χ3v) is 1.77. The minimum absolute atomic E-state index is 0.000602. The van der Waals surface area contributed by atoms with Crippen LogP contribution in [0.2, 0.25) is 0 Å². The average Bonchev–Trinajstić information content (AvgIpc) is 2.18. The van der Waals surface area contributed by atoms with E-state index in [9.17, 15) is 5.11 Å². The van der Waals surface area contributed by atoms with E-state index < -0.39 is 0 Å². The Kier molecular flexibility index (Phi) is 2.97. The molecule has 0 aliphatic heterocycles. The molecule has 0 saturated carbocycles. The van der Waals surface area contributed by atoms with Gasteiger partial charge in [-0.2, -0.15) is 0 Å². The number of aromatic hydroxyl groups is 1. The van der Waals surface area contributed by atoms with Gasteiger partial charge < -0.3 is 14.6 Å². The van der Waals surface area contributed by atoms with Crippen molar-refractivity contribution in [3.63, 3.8) is 0 Å². The highest BCUT2D eigenvalue weighted by Crippen LogP contribution is 2.34. The number of ether oxygens (including phenoxy) is 2. The first kappa shape index (κ1) is 9.67. The molecule has 1 aromatic rings. The van der Waals surface area contributed by atoms with Gasteiger partial charge in [-0.1, -0.05) is 0 Å². The van der Waals surface area contributed by atoms with Gasteiger partial charge in [0.05, 0.1) is 14.2 Å². The first-order valence-electron chi connectivity index (χ1n) is 3.81. The molecule has 4 heteroatoms. The predicted octanol–water partition coefficient (Wildman–Crippen LogP) is 1.19. The molecule has 0 bridgehead atoms. The lowest BCUT2D eigenvalue weighted by molar-refractivity contribution is 0.361. The summed E-state index contributed by atoms with van der Waals surface area (Å²) in [5.41, 5.74) is 7.65. The third-order valence-electron chi connectivity index (χ3n) is 1.77. The van der Waals surface area contributed by atoms with Crippen molar-refractivity contribution >= 4 is 0 Å². The van der Waals surface area contributed by atoms with Crippen molar-refractivity contribution in [3.05, 3.63) is 17.7 Å². The molecule has 0 spiro atoms. The molecule has 0 amide bonds. The SMILES string of the molecule is COc1cc(C[NH])c(O)c(OC)c1. The van der Waals surface area contributed by atoms with Crippen molar-refractivity contribution in [2.45, 2.75) is 6.54 Å². The molecule has 1 rings (SSSR count). The van der Waals surface area contributed by atoms with E-state index in [-0.39, 0.29) is 12.3 Å². The van der Waals surface area contributed by atoms with Gasteiger partial charge in [-0.25, -0.2) is 0 Å². The second kappa shape index (κ2) is 4.00. The summed E-state index contributed by atoms with van der Waals surface area (Å²) in [5, 5.41) is 9.51. The zero-order valence-electron chi connectivity index (χ0n) is 7.63. The Balaban J connectivity index is 3.20. The summed E-state index contributed by atoms with van der Waals surface area (Å²) in [6.45, 7) is -0.000602. The van der Waals surface area contributed by atoms with Crippen LogP contribution in [0.1, 0.15) is 5.56 Å². The molecule has 13 heavy (non-hydrogen) atoms. The average molecular weight is 182 g/mol. The number of rotatable bonds is 3. The fraction of sp³-hybridized carbons (Fsp3) is 0.333. The first-order valence-corrected chi connectivity index (χ1v) is 3.81. The largest absolute Gasteiger partial charge is 0.504 e. The van der Waals surface area contributed by atoms with Gasteiger partial charge in [-0.15, -0.1) is 0 Å². The molecule has 0 saturated heterocycles. The van der Waals surface area contributed by atoms with Crippen LogP contribution >= 0.6 is 0 Å². The minimum Gasteiger partial charge on any atom is -0.504 e. The van der Waals surface area contributed by atoms with E-state index in [0.717, 1.165) is 0 Å². The van der Waals surface area contributed by atoms with Gasteiger partial charge in [0, 0.05) is 18.2 Å². The second-order valence-corrected chi connectivity index (χ2v) is 2.51. The van der Waals surface area contributed by atoms with Gasteiger partial charge in [0.2, 0.25) is 0 Å². The molecule has 4 nitrogen and oxygen atoms in total. The fourth-order valence-corrected chi connectivity index (χ4v) is 1.05. The van der Waals surface area contributed by atoms with Crippen LogP contribution in [0.15, 0.2) is 12.1 Å². The Morgan fingerprint density at radius 3 is 2.46 bits per heavy atom. The van der Waals surface area contributed by atoms with Crippen LogP contribution in [0.3, 0.4) is 0 Å². The normalized spacial score (nSPS) is 9.77. The van der Waals surface area contributed by atoms with Gasteiger partial charge >= 0.3 is 0 Å². The molecular weight excluding hydrogens is 170 g/mol. The van der Waals surface area contributed by atoms with Crippen LogP contribution in [0.4, 0.5) is 0 Å². The topological polar surface area (TPSA) is 62.5 Å². The standard InChI is InChI=1S/C9H12NO3/c1-12-7-3-6(5-10)9(11)8(4-7)13-2/h3-4,10-11H,5H2,1-2H3.